The summed E-state index contributed by atoms with van der Waals surface area (Å²) in [5.74, 6) is -1.13. The molecule has 0 unspecified atom stereocenters. The van der Waals surface area contributed by atoms with Gasteiger partial charge in [0.15, 0.2) is 6.04 Å². The van der Waals surface area contributed by atoms with E-state index < -0.39 is 12.0 Å². The summed E-state index contributed by atoms with van der Waals surface area (Å²) in [6.07, 6.45) is 0. The maximum absolute atomic E-state index is 10.5. The largest absolute Gasteiger partial charge is 0.544 e. The summed E-state index contributed by atoms with van der Waals surface area (Å²) < 4.78 is 0. The molecule has 0 bridgehead atoms. The highest BCUT2D eigenvalue weighted by Gasteiger charge is 2.10. The Morgan fingerprint density at radius 2 is 1.77 bits per heavy atom. The molecule has 0 radical (unpaired) electrons. The maximum atomic E-state index is 10.5. The van der Waals surface area contributed by atoms with Crippen molar-refractivity contribution in [2.24, 2.45) is 0 Å². The highest BCUT2D eigenvalue weighted by molar-refractivity contribution is 5.71. The van der Waals surface area contributed by atoms with Gasteiger partial charge in [0, 0.05) is 5.56 Å². The smallest absolute Gasteiger partial charge is 0.150 e. The number of hydrogen-bond donors (Lipinski definition) is 1. The molecule has 70 valence electrons. The van der Waals surface area contributed by atoms with E-state index in [1.807, 2.05) is 32.0 Å². The molecule has 0 aliphatic heterocycles. The highest BCUT2D eigenvalue weighted by Crippen LogP contribution is 2.13. The van der Waals surface area contributed by atoms with Crippen molar-refractivity contribution in [3.05, 3.63) is 34.9 Å². The first-order valence-corrected chi connectivity index (χ1v) is 4.13. The lowest BCUT2D eigenvalue weighted by molar-refractivity contribution is -0.443. The molecule has 0 aromatic heterocycles. The first-order valence-electron chi connectivity index (χ1n) is 4.13. The monoisotopic (exact) mass is 179 g/mol. The summed E-state index contributed by atoms with van der Waals surface area (Å²) in [7, 11) is 0. The van der Waals surface area contributed by atoms with E-state index in [9.17, 15) is 9.90 Å². The zero-order valence-electron chi connectivity index (χ0n) is 7.83. The second kappa shape index (κ2) is 3.58. The molecule has 0 aliphatic rings. The summed E-state index contributed by atoms with van der Waals surface area (Å²) in [4.78, 5) is 10.5. The number of quaternary nitrogens is 1. The van der Waals surface area contributed by atoms with Crippen molar-refractivity contribution < 1.29 is 15.6 Å². The minimum absolute atomic E-state index is 0.706. The van der Waals surface area contributed by atoms with Crippen LogP contribution in [0.15, 0.2) is 18.2 Å². The Labute approximate surface area is 77.2 Å². The molecule has 0 aliphatic carbocycles. The Morgan fingerprint density at radius 1 is 1.31 bits per heavy atom. The van der Waals surface area contributed by atoms with Gasteiger partial charge in [-0.1, -0.05) is 17.2 Å². The molecular weight excluding hydrogens is 166 g/mol. The van der Waals surface area contributed by atoms with Gasteiger partial charge in [-0.05, 0) is 26.0 Å². The summed E-state index contributed by atoms with van der Waals surface area (Å²) in [5, 5.41) is 10.5. The molecule has 0 spiro atoms. The molecule has 1 aromatic rings. The third-order valence-electron chi connectivity index (χ3n) is 1.93. The second-order valence-electron chi connectivity index (χ2n) is 3.29. The molecule has 0 amide bonds. The van der Waals surface area contributed by atoms with E-state index >= 15 is 0 Å². The summed E-state index contributed by atoms with van der Waals surface area (Å²) in [6, 6.07) is 4.85. The standard InChI is InChI=1S/C10H13NO2/c1-6-3-7(2)5-8(4-6)9(11)10(12)13/h3-5,9H,11H2,1-2H3,(H,12,13)/t9-/m1/s1. The summed E-state index contributed by atoms with van der Waals surface area (Å²) in [5.41, 5.74) is 6.33. The molecule has 1 aromatic carbocycles. The van der Waals surface area contributed by atoms with Crippen molar-refractivity contribution in [3.63, 3.8) is 0 Å². The number of benzene rings is 1. The van der Waals surface area contributed by atoms with Gasteiger partial charge in [-0.25, -0.2) is 0 Å². The number of hydrogen-bond acceptors (Lipinski definition) is 2. The van der Waals surface area contributed by atoms with Crippen molar-refractivity contribution in [3.8, 4) is 0 Å². The van der Waals surface area contributed by atoms with Crippen LogP contribution in [0.3, 0.4) is 0 Å². The molecule has 0 saturated heterocycles. The van der Waals surface area contributed by atoms with E-state index in [1.54, 1.807) is 0 Å². The van der Waals surface area contributed by atoms with Crippen LogP contribution in [0.1, 0.15) is 22.7 Å². The van der Waals surface area contributed by atoms with Crippen LogP contribution >= 0.6 is 0 Å². The van der Waals surface area contributed by atoms with Crippen molar-refractivity contribution >= 4 is 5.97 Å². The molecule has 0 fully saturated rings. The van der Waals surface area contributed by atoms with E-state index in [1.165, 1.54) is 0 Å². The zero-order valence-corrected chi connectivity index (χ0v) is 7.83. The van der Waals surface area contributed by atoms with Gasteiger partial charge in [-0.3, -0.25) is 0 Å². The van der Waals surface area contributed by atoms with Crippen molar-refractivity contribution in [1.29, 1.82) is 0 Å². The lowest BCUT2D eigenvalue weighted by Crippen LogP contribution is -2.61. The Morgan fingerprint density at radius 3 is 2.15 bits per heavy atom. The molecule has 13 heavy (non-hydrogen) atoms. The Hall–Kier alpha value is -1.35. The summed E-state index contributed by atoms with van der Waals surface area (Å²) >= 11 is 0. The Balaban J connectivity index is 3.07. The van der Waals surface area contributed by atoms with E-state index in [-0.39, 0.29) is 0 Å². The normalized spacial score (nSPS) is 12.5. The first kappa shape index (κ1) is 9.74. The van der Waals surface area contributed by atoms with Gasteiger partial charge in [-0.15, -0.1) is 0 Å². The predicted octanol–water partition coefficient (Wildman–Crippen LogP) is -0.664. The third kappa shape index (κ3) is 2.29. The van der Waals surface area contributed by atoms with Gasteiger partial charge in [0.2, 0.25) is 0 Å². The van der Waals surface area contributed by atoms with Crippen molar-refractivity contribution in [1.82, 2.24) is 0 Å². The minimum atomic E-state index is -1.13. The number of carboxylic acid groups (broad SMARTS) is 1. The highest BCUT2D eigenvalue weighted by atomic mass is 16.4. The molecule has 3 nitrogen and oxygen atoms in total. The molecule has 3 N–H and O–H groups in total. The fraction of sp³-hybridized carbons (Fsp3) is 0.300. The van der Waals surface area contributed by atoms with E-state index in [2.05, 4.69) is 5.73 Å². The first-order chi connectivity index (χ1) is 6.00. The van der Waals surface area contributed by atoms with Crippen molar-refractivity contribution in [2.75, 3.05) is 0 Å². The number of carboxylic acids is 1. The topological polar surface area (TPSA) is 67.8 Å². The van der Waals surface area contributed by atoms with E-state index in [0.29, 0.717) is 5.56 Å². The van der Waals surface area contributed by atoms with Gasteiger partial charge in [0.05, 0.1) is 0 Å². The quantitative estimate of drug-likeness (QED) is 0.654. The number of rotatable bonds is 2. The average Bonchev–Trinajstić information content (AvgIpc) is 2.01. The van der Waals surface area contributed by atoms with Crippen LogP contribution in [0.4, 0.5) is 0 Å². The molecular formula is C10H13NO2. The van der Waals surface area contributed by atoms with Crippen molar-refractivity contribution in [2.45, 2.75) is 19.9 Å². The number of aryl methyl sites for hydroxylation is 2. The lowest BCUT2D eigenvalue weighted by Gasteiger charge is -2.11. The Kier molecular flexibility index (Phi) is 2.68. The van der Waals surface area contributed by atoms with Gasteiger partial charge >= 0.3 is 0 Å². The predicted molar refractivity (Wildman–Crippen MR) is 46.6 cm³/mol. The second-order valence-corrected chi connectivity index (χ2v) is 3.29. The van der Waals surface area contributed by atoms with Crippen LogP contribution in [0.25, 0.3) is 0 Å². The molecule has 0 saturated carbocycles. The fourth-order valence-corrected chi connectivity index (χ4v) is 1.35. The maximum Gasteiger partial charge on any atom is 0.150 e. The number of carbonyl (C=O) groups excluding carboxylic acids is 1. The summed E-state index contributed by atoms with van der Waals surface area (Å²) in [6.45, 7) is 3.86. The molecule has 0 heterocycles. The van der Waals surface area contributed by atoms with Crippen LogP contribution in [0.2, 0.25) is 0 Å². The van der Waals surface area contributed by atoms with Gasteiger partial charge < -0.3 is 15.6 Å². The SMILES string of the molecule is Cc1cc(C)cc([C@@H]([NH3+])C(=O)[O-])c1. The minimum Gasteiger partial charge on any atom is -0.544 e. The molecule has 1 rings (SSSR count). The molecule has 1 atom stereocenters. The fourth-order valence-electron chi connectivity index (χ4n) is 1.35. The van der Waals surface area contributed by atoms with E-state index in [0.717, 1.165) is 11.1 Å². The van der Waals surface area contributed by atoms with Crippen LogP contribution < -0.4 is 10.8 Å². The Bertz CT molecular complexity index is 313. The van der Waals surface area contributed by atoms with Gasteiger partial charge in [0.25, 0.3) is 0 Å². The molecule has 3 heteroatoms. The van der Waals surface area contributed by atoms with Gasteiger partial charge in [-0.2, -0.15) is 0 Å². The van der Waals surface area contributed by atoms with Crippen LogP contribution in [-0.2, 0) is 4.79 Å². The van der Waals surface area contributed by atoms with Crippen LogP contribution in [0.5, 0.6) is 0 Å². The zero-order chi connectivity index (χ0) is 10.0. The van der Waals surface area contributed by atoms with Gasteiger partial charge in [0.1, 0.15) is 5.97 Å². The lowest BCUT2D eigenvalue weighted by atomic mass is 10.0. The third-order valence-corrected chi connectivity index (χ3v) is 1.93. The number of carbonyl (C=O) groups is 1. The number of aliphatic carboxylic acids is 1. The van der Waals surface area contributed by atoms with E-state index in [4.69, 9.17) is 0 Å². The van der Waals surface area contributed by atoms with Crippen LogP contribution in [-0.4, -0.2) is 5.97 Å². The van der Waals surface area contributed by atoms with Crippen LogP contribution in [0, 0.1) is 13.8 Å². The average molecular weight is 179 g/mol.